The molecule has 0 saturated heterocycles. The first-order valence-corrected chi connectivity index (χ1v) is 11.0. The summed E-state index contributed by atoms with van der Waals surface area (Å²) in [7, 11) is 2.07. The van der Waals surface area contributed by atoms with E-state index in [0.717, 1.165) is 55.7 Å². The van der Waals surface area contributed by atoms with Gasteiger partial charge < -0.3 is 10.6 Å². The van der Waals surface area contributed by atoms with Crippen LogP contribution in [0.15, 0.2) is 28.1 Å². The van der Waals surface area contributed by atoms with E-state index in [-0.39, 0.29) is 23.8 Å². The summed E-state index contributed by atoms with van der Waals surface area (Å²) in [6.07, 6.45) is 6.77. The maximum atomic E-state index is 12.9. The topological polar surface area (TPSA) is 91.6 Å². The van der Waals surface area contributed by atoms with E-state index in [1.54, 1.807) is 6.08 Å². The Morgan fingerprint density at radius 2 is 2.10 bits per heavy atom. The largest absolute Gasteiger partial charge is 0.354 e. The Bertz CT molecular complexity index is 915. The molecule has 0 spiro atoms. The van der Waals surface area contributed by atoms with Gasteiger partial charge >= 0.3 is 0 Å². The molecule has 8 nitrogen and oxygen atoms in total. The van der Waals surface area contributed by atoms with Crippen LogP contribution in [-0.2, 0) is 22.7 Å². The number of carbonyl (C=O) groups excluding carboxylic acids is 2. The highest BCUT2D eigenvalue weighted by Gasteiger charge is 2.28. The summed E-state index contributed by atoms with van der Waals surface area (Å²) in [4.78, 5) is 30.5. The fourth-order valence-electron chi connectivity index (χ4n) is 4.29. The lowest BCUT2D eigenvalue weighted by Crippen LogP contribution is -2.41. The molecule has 1 aromatic heterocycles. The number of amides is 2. The van der Waals surface area contributed by atoms with Crippen molar-refractivity contribution in [3.8, 4) is 0 Å². The number of hydrogen-bond acceptors (Lipinski definition) is 5. The number of nitrogens with zero attached hydrogens (tertiary/aromatic N) is 4. The molecule has 31 heavy (non-hydrogen) atoms. The van der Waals surface area contributed by atoms with E-state index >= 15 is 0 Å². The van der Waals surface area contributed by atoms with Gasteiger partial charge in [0.05, 0.1) is 18.4 Å². The SMILES string of the molecule is C=N/C(=C\C(=C(/C)Cl)c1cnn2c1CN(C)CC2)NC(=O)[C@H]1CCC[C@@H](NC(C)=O)C1. The van der Waals surface area contributed by atoms with Crippen molar-refractivity contribution in [1.29, 1.82) is 0 Å². The smallest absolute Gasteiger partial charge is 0.228 e. The van der Waals surface area contributed by atoms with Crippen molar-refractivity contribution in [3.63, 3.8) is 0 Å². The Labute approximate surface area is 188 Å². The van der Waals surface area contributed by atoms with Gasteiger partial charge in [-0.3, -0.25) is 19.2 Å². The lowest BCUT2D eigenvalue weighted by molar-refractivity contribution is -0.126. The number of likely N-dealkylation sites (N-methyl/N-ethyl adjacent to an activating group) is 1. The number of aliphatic imine (C=N–C) groups is 1. The lowest BCUT2D eigenvalue weighted by Gasteiger charge is -2.28. The summed E-state index contributed by atoms with van der Waals surface area (Å²) in [5, 5.41) is 10.9. The normalized spacial score (nSPS) is 22.9. The van der Waals surface area contributed by atoms with E-state index in [1.165, 1.54) is 6.92 Å². The predicted octanol–water partition coefficient (Wildman–Crippen LogP) is 2.65. The number of nitrogens with one attached hydrogen (secondary N) is 2. The molecule has 1 aromatic rings. The highest BCUT2D eigenvalue weighted by Crippen LogP contribution is 2.29. The molecule has 1 saturated carbocycles. The molecule has 2 aliphatic rings. The molecule has 0 bridgehead atoms. The zero-order chi connectivity index (χ0) is 22.5. The minimum Gasteiger partial charge on any atom is -0.354 e. The summed E-state index contributed by atoms with van der Waals surface area (Å²) >= 11 is 6.44. The summed E-state index contributed by atoms with van der Waals surface area (Å²) in [5.74, 6) is -0.0115. The molecule has 2 atom stereocenters. The molecule has 0 radical (unpaired) electrons. The molecule has 1 aliphatic heterocycles. The summed E-state index contributed by atoms with van der Waals surface area (Å²) in [6.45, 7) is 9.47. The van der Waals surface area contributed by atoms with Crippen LogP contribution in [0.4, 0.5) is 0 Å². The Balaban J connectivity index is 1.77. The predicted molar refractivity (Wildman–Crippen MR) is 122 cm³/mol. The molecule has 0 unspecified atom stereocenters. The standard InChI is InChI=1S/C22H31ClN6O2/c1-14(23)18(19-12-25-29-9-8-28(4)13-20(19)29)11-21(24-3)27-22(31)16-6-5-7-17(10-16)26-15(2)30/h11-12,16-17H,3,5-10,13H2,1-2,4H3,(H,26,30)(H,27,31)/b18-14-,21-11+/t16-,17+/m0/s1. The second-order valence-electron chi connectivity index (χ2n) is 8.35. The van der Waals surface area contributed by atoms with Crippen LogP contribution in [0.5, 0.6) is 0 Å². The Morgan fingerprint density at radius 1 is 1.32 bits per heavy atom. The van der Waals surface area contributed by atoms with Gasteiger partial charge in [-0.2, -0.15) is 5.10 Å². The van der Waals surface area contributed by atoms with Crippen LogP contribution in [0.25, 0.3) is 5.57 Å². The number of fused-ring (bicyclic) bond motifs is 1. The van der Waals surface area contributed by atoms with Crippen LogP contribution in [0.2, 0.25) is 0 Å². The fourth-order valence-corrected chi connectivity index (χ4v) is 4.45. The van der Waals surface area contributed by atoms with Crippen LogP contribution in [0.1, 0.15) is 50.8 Å². The molecule has 0 aromatic carbocycles. The fraction of sp³-hybridized carbons (Fsp3) is 0.545. The number of rotatable bonds is 6. The molecule has 2 amide bonds. The number of aromatic nitrogens is 2. The van der Waals surface area contributed by atoms with Gasteiger partial charge in [0, 0.05) is 48.1 Å². The molecule has 1 aliphatic carbocycles. The van der Waals surface area contributed by atoms with Crippen LogP contribution in [0, 0.1) is 5.92 Å². The summed E-state index contributed by atoms with van der Waals surface area (Å²) in [5.41, 5.74) is 2.78. The first-order valence-electron chi connectivity index (χ1n) is 10.6. The molecule has 9 heteroatoms. The highest BCUT2D eigenvalue weighted by atomic mass is 35.5. The summed E-state index contributed by atoms with van der Waals surface area (Å²) < 4.78 is 1.99. The number of allylic oxidation sites excluding steroid dienone is 3. The third kappa shape index (κ3) is 5.83. The van der Waals surface area contributed by atoms with Crippen molar-refractivity contribution in [2.75, 3.05) is 13.6 Å². The zero-order valence-corrected chi connectivity index (χ0v) is 19.2. The second kappa shape index (κ2) is 10.2. The molecule has 168 valence electrons. The Kier molecular flexibility index (Phi) is 7.67. The highest BCUT2D eigenvalue weighted by molar-refractivity contribution is 6.32. The molecular weight excluding hydrogens is 416 g/mol. The van der Waals surface area contributed by atoms with Crippen LogP contribution in [-0.4, -0.2) is 52.8 Å². The monoisotopic (exact) mass is 446 g/mol. The minimum atomic E-state index is -0.183. The third-order valence-corrected chi connectivity index (χ3v) is 6.08. The molecule has 1 fully saturated rings. The van der Waals surface area contributed by atoms with E-state index in [0.29, 0.717) is 17.3 Å². The quantitative estimate of drug-likeness (QED) is 0.519. The minimum absolute atomic E-state index is 0.0302. The summed E-state index contributed by atoms with van der Waals surface area (Å²) in [6, 6.07) is 0.0302. The number of halogens is 1. The second-order valence-corrected chi connectivity index (χ2v) is 8.92. The van der Waals surface area contributed by atoms with Gasteiger partial charge in [-0.05, 0) is 46.0 Å². The van der Waals surface area contributed by atoms with Crippen molar-refractivity contribution >= 4 is 35.7 Å². The Hall–Kier alpha value is -2.45. The maximum Gasteiger partial charge on any atom is 0.228 e. The van der Waals surface area contributed by atoms with E-state index in [2.05, 4.69) is 39.4 Å². The van der Waals surface area contributed by atoms with Gasteiger partial charge in [0.1, 0.15) is 5.82 Å². The van der Waals surface area contributed by atoms with Crippen molar-refractivity contribution < 1.29 is 9.59 Å². The Morgan fingerprint density at radius 3 is 2.77 bits per heavy atom. The van der Waals surface area contributed by atoms with Crippen molar-refractivity contribution in [3.05, 3.63) is 34.4 Å². The average Bonchev–Trinajstić information content (AvgIpc) is 3.13. The molecule has 3 rings (SSSR count). The van der Waals surface area contributed by atoms with Crippen molar-refractivity contribution in [2.45, 2.75) is 58.7 Å². The van der Waals surface area contributed by atoms with E-state index in [1.807, 2.05) is 17.8 Å². The van der Waals surface area contributed by atoms with Gasteiger partial charge in [-0.25, -0.2) is 4.99 Å². The average molecular weight is 447 g/mol. The molecular formula is C22H31ClN6O2. The third-order valence-electron chi connectivity index (χ3n) is 5.88. The van der Waals surface area contributed by atoms with Crippen LogP contribution in [0.3, 0.4) is 0 Å². The van der Waals surface area contributed by atoms with Gasteiger partial charge in [-0.1, -0.05) is 18.0 Å². The zero-order valence-electron chi connectivity index (χ0n) is 18.4. The first kappa shape index (κ1) is 23.2. The first-order chi connectivity index (χ1) is 14.8. The van der Waals surface area contributed by atoms with Gasteiger partial charge in [-0.15, -0.1) is 0 Å². The lowest BCUT2D eigenvalue weighted by atomic mass is 9.85. The van der Waals surface area contributed by atoms with E-state index in [9.17, 15) is 9.59 Å². The van der Waals surface area contributed by atoms with Crippen LogP contribution < -0.4 is 10.6 Å². The maximum absolute atomic E-state index is 12.9. The molecule has 2 heterocycles. The van der Waals surface area contributed by atoms with Crippen molar-refractivity contribution in [2.24, 2.45) is 10.9 Å². The van der Waals surface area contributed by atoms with Gasteiger partial charge in [0.15, 0.2) is 0 Å². The van der Waals surface area contributed by atoms with Gasteiger partial charge in [0.2, 0.25) is 11.8 Å². The van der Waals surface area contributed by atoms with Crippen molar-refractivity contribution in [1.82, 2.24) is 25.3 Å². The van der Waals surface area contributed by atoms with Gasteiger partial charge in [0.25, 0.3) is 0 Å². The number of hydrogen-bond donors (Lipinski definition) is 2. The van der Waals surface area contributed by atoms with Crippen LogP contribution >= 0.6 is 11.6 Å². The molecule has 2 N–H and O–H groups in total. The van der Waals surface area contributed by atoms with E-state index in [4.69, 9.17) is 11.6 Å². The van der Waals surface area contributed by atoms with E-state index < -0.39 is 0 Å². The number of carbonyl (C=O) groups is 2.